The van der Waals surface area contributed by atoms with E-state index in [2.05, 4.69) is 4.98 Å². The van der Waals surface area contributed by atoms with Crippen molar-refractivity contribution in [2.75, 3.05) is 0 Å². The first-order chi connectivity index (χ1) is 6.06. The van der Waals surface area contributed by atoms with Crippen molar-refractivity contribution in [2.45, 2.75) is 26.9 Å². The van der Waals surface area contributed by atoms with Gasteiger partial charge in [0.25, 0.3) is 6.43 Å². The van der Waals surface area contributed by atoms with Crippen LogP contribution in [0.25, 0.3) is 0 Å². The smallest absolute Gasteiger partial charge is 0.265 e. The zero-order chi connectivity index (χ0) is 10.0. The number of alkyl halides is 2. The fourth-order valence-electron chi connectivity index (χ4n) is 1.35. The molecule has 0 amide bonds. The number of aliphatic hydroxyl groups is 1. The average molecular weight is 187 g/mol. The fourth-order valence-corrected chi connectivity index (χ4v) is 1.35. The maximum Gasteiger partial charge on any atom is 0.265 e. The van der Waals surface area contributed by atoms with E-state index in [1.807, 2.05) is 0 Å². The first kappa shape index (κ1) is 10.1. The highest BCUT2D eigenvalue weighted by molar-refractivity contribution is 5.32. The van der Waals surface area contributed by atoms with Crippen LogP contribution in [0.1, 0.15) is 28.9 Å². The molecule has 0 atom stereocenters. The Morgan fingerprint density at radius 2 is 2.08 bits per heavy atom. The lowest BCUT2D eigenvalue weighted by Crippen LogP contribution is -2.02. The van der Waals surface area contributed by atoms with Crippen LogP contribution in [0.3, 0.4) is 0 Å². The largest absolute Gasteiger partial charge is 0.392 e. The zero-order valence-electron chi connectivity index (χ0n) is 7.51. The highest BCUT2D eigenvalue weighted by Gasteiger charge is 2.16. The molecule has 4 heteroatoms. The lowest BCUT2D eigenvalue weighted by Gasteiger charge is -2.10. The summed E-state index contributed by atoms with van der Waals surface area (Å²) in [6, 6.07) is 1.48. The SMILES string of the molecule is Cc1cc(CO)c(C(F)F)c(C)n1. The monoisotopic (exact) mass is 187 g/mol. The normalized spacial score (nSPS) is 10.9. The Hall–Kier alpha value is -1.03. The molecule has 0 saturated carbocycles. The van der Waals surface area contributed by atoms with Crippen LogP contribution in [0, 0.1) is 13.8 Å². The molecule has 0 aliphatic heterocycles. The van der Waals surface area contributed by atoms with Crippen molar-refractivity contribution in [2.24, 2.45) is 0 Å². The minimum absolute atomic E-state index is 0.145. The van der Waals surface area contributed by atoms with E-state index in [4.69, 9.17) is 5.11 Å². The molecule has 0 aliphatic rings. The summed E-state index contributed by atoms with van der Waals surface area (Å²) in [4.78, 5) is 3.91. The van der Waals surface area contributed by atoms with E-state index in [1.54, 1.807) is 6.92 Å². The molecule has 2 nitrogen and oxygen atoms in total. The van der Waals surface area contributed by atoms with Gasteiger partial charge in [-0.25, -0.2) is 8.78 Å². The standard InChI is InChI=1S/C9H11F2NO/c1-5-3-7(4-13)8(9(10)11)6(2)12-5/h3,9,13H,4H2,1-2H3. The van der Waals surface area contributed by atoms with E-state index < -0.39 is 6.43 Å². The second-order valence-electron chi connectivity index (χ2n) is 2.88. The summed E-state index contributed by atoms with van der Waals surface area (Å²) >= 11 is 0. The van der Waals surface area contributed by atoms with Crippen LogP contribution in [0.2, 0.25) is 0 Å². The van der Waals surface area contributed by atoms with Gasteiger partial charge in [-0.3, -0.25) is 4.98 Å². The van der Waals surface area contributed by atoms with E-state index >= 15 is 0 Å². The molecular formula is C9H11F2NO. The van der Waals surface area contributed by atoms with Crippen LogP contribution >= 0.6 is 0 Å². The molecule has 0 spiro atoms. The van der Waals surface area contributed by atoms with E-state index in [9.17, 15) is 8.78 Å². The summed E-state index contributed by atoms with van der Waals surface area (Å²) < 4.78 is 24.9. The molecule has 0 aromatic carbocycles. The van der Waals surface area contributed by atoms with Crippen molar-refractivity contribution in [1.82, 2.24) is 4.98 Å². The molecule has 0 saturated heterocycles. The van der Waals surface area contributed by atoms with Crippen LogP contribution in [-0.2, 0) is 6.61 Å². The molecule has 1 N–H and O–H groups in total. The Morgan fingerprint density at radius 3 is 2.54 bits per heavy atom. The lowest BCUT2D eigenvalue weighted by atomic mass is 10.1. The quantitative estimate of drug-likeness (QED) is 0.769. The first-order valence-corrected chi connectivity index (χ1v) is 3.92. The summed E-state index contributed by atoms with van der Waals surface area (Å²) in [5, 5.41) is 8.86. The van der Waals surface area contributed by atoms with E-state index in [1.165, 1.54) is 13.0 Å². The molecule has 1 heterocycles. The molecule has 0 aliphatic carbocycles. The number of hydrogen-bond donors (Lipinski definition) is 1. The summed E-state index contributed by atoms with van der Waals surface area (Å²) in [7, 11) is 0. The van der Waals surface area contributed by atoms with Gasteiger partial charge in [-0.1, -0.05) is 0 Å². The molecule has 0 bridgehead atoms. The van der Waals surface area contributed by atoms with E-state index in [-0.39, 0.29) is 17.7 Å². The number of aliphatic hydroxyl groups excluding tert-OH is 1. The summed E-state index contributed by atoms with van der Waals surface area (Å²) in [5.41, 5.74) is 1.05. The Balaban J connectivity index is 3.30. The molecule has 1 rings (SSSR count). The number of rotatable bonds is 2. The van der Waals surface area contributed by atoms with Crippen molar-refractivity contribution < 1.29 is 13.9 Å². The summed E-state index contributed by atoms with van der Waals surface area (Å²) in [6.45, 7) is 2.86. The molecule has 0 fully saturated rings. The number of aryl methyl sites for hydroxylation is 2. The predicted octanol–water partition coefficient (Wildman–Crippen LogP) is 2.13. The Morgan fingerprint density at radius 1 is 1.46 bits per heavy atom. The highest BCUT2D eigenvalue weighted by Crippen LogP contribution is 2.25. The van der Waals surface area contributed by atoms with Gasteiger partial charge in [-0.15, -0.1) is 0 Å². The number of aromatic nitrogens is 1. The third kappa shape index (κ3) is 2.01. The van der Waals surface area contributed by atoms with Crippen molar-refractivity contribution in [3.05, 3.63) is 28.6 Å². The molecule has 13 heavy (non-hydrogen) atoms. The van der Waals surface area contributed by atoms with Crippen molar-refractivity contribution in [3.63, 3.8) is 0 Å². The topological polar surface area (TPSA) is 33.1 Å². The number of pyridine rings is 1. The van der Waals surface area contributed by atoms with Crippen molar-refractivity contribution >= 4 is 0 Å². The molecule has 1 aromatic heterocycles. The number of halogens is 2. The fraction of sp³-hybridized carbons (Fsp3) is 0.444. The van der Waals surface area contributed by atoms with E-state index in [0.717, 1.165) is 0 Å². The molecule has 0 unspecified atom stereocenters. The van der Waals surface area contributed by atoms with Crippen LogP contribution in [-0.4, -0.2) is 10.1 Å². The Kier molecular flexibility index (Phi) is 2.93. The van der Waals surface area contributed by atoms with Crippen LogP contribution in [0.4, 0.5) is 8.78 Å². The van der Waals surface area contributed by atoms with Crippen LogP contribution in [0.15, 0.2) is 6.07 Å². The average Bonchev–Trinajstić information content (AvgIpc) is 2.01. The Labute approximate surface area is 75.2 Å². The highest BCUT2D eigenvalue weighted by atomic mass is 19.3. The summed E-state index contributed by atoms with van der Waals surface area (Å²) in [5.74, 6) is 0. The number of nitrogens with zero attached hydrogens (tertiary/aromatic N) is 1. The van der Waals surface area contributed by atoms with Gasteiger partial charge in [0.1, 0.15) is 0 Å². The van der Waals surface area contributed by atoms with Gasteiger partial charge >= 0.3 is 0 Å². The van der Waals surface area contributed by atoms with Crippen LogP contribution < -0.4 is 0 Å². The minimum Gasteiger partial charge on any atom is -0.392 e. The predicted molar refractivity (Wildman–Crippen MR) is 44.6 cm³/mol. The third-order valence-electron chi connectivity index (χ3n) is 1.85. The zero-order valence-corrected chi connectivity index (χ0v) is 7.51. The van der Waals surface area contributed by atoms with Gasteiger partial charge in [0.05, 0.1) is 6.61 Å². The van der Waals surface area contributed by atoms with E-state index in [0.29, 0.717) is 11.4 Å². The lowest BCUT2D eigenvalue weighted by molar-refractivity contribution is 0.145. The second kappa shape index (κ2) is 3.79. The van der Waals surface area contributed by atoms with Gasteiger partial charge < -0.3 is 5.11 Å². The van der Waals surface area contributed by atoms with Gasteiger partial charge in [0.2, 0.25) is 0 Å². The maximum atomic E-state index is 12.5. The van der Waals surface area contributed by atoms with Gasteiger partial charge in [-0.2, -0.15) is 0 Å². The van der Waals surface area contributed by atoms with Crippen molar-refractivity contribution in [3.8, 4) is 0 Å². The van der Waals surface area contributed by atoms with Gasteiger partial charge in [-0.05, 0) is 25.5 Å². The molecule has 0 radical (unpaired) electrons. The maximum absolute atomic E-state index is 12.5. The van der Waals surface area contributed by atoms with Gasteiger partial charge in [0.15, 0.2) is 0 Å². The minimum atomic E-state index is -2.57. The second-order valence-corrected chi connectivity index (χ2v) is 2.88. The first-order valence-electron chi connectivity index (χ1n) is 3.92. The van der Waals surface area contributed by atoms with Gasteiger partial charge in [0, 0.05) is 17.0 Å². The molecule has 72 valence electrons. The molecule has 1 aromatic rings. The Bertz CT molecular complexity index is 313. The summed E-state index contributed by atoms with van der Waals surface area (Å²) in [6.07, 6.45) is -2.57. The number of hydrogen-bond acceptors (Lipinski definition) is 2. The van der Waals surface area contributed by atoms with Crippen LogP contribution in [0.5, 0.6) is 0 Å². The molecular weight excluding hydrogens is 176 g/mol. The van der Waals surface area contributed by atoms with Crippen molar-refractivity contribution in [1.29, 1.82) is 0 Å². The third-order valence-corrected chi connectivity index (χ3v) is 1.85.